The summed E-state index contributed by atoms with van der Waals surface area (Å²) in [5.41, 5.74) is 0.476. The predicted octanol–water partition coefficient (Wildman–Crippen LogP) is 2.59. The minimum Gasteiger partial charge on any atom is -0.444 e. The standard InChI is InChI=1S/C12H20BrN3O2/c1-12(2,3)18-11(17)15(4)7-6-10-9(13)8-16(5)14-10/h8H,6-7H2,1-5H3. The fraction of sp³-hybridized carbons (Fsp3) is 0.667. The van der Waals surface area contributed by atoms with Crippen molar-refractivity contribution in [2.75, 3.05) is 13.6 Å². The van der Waals surface area contributed by atoms with Crippen LogP contribution in [-0.2, 0) is 18.2 Å². The molecule has 1 heterocycles. The van der Waals surface area contributed by atoms with Gasteiger partial charge in [-0.3, -0.25) is 4.68 Å². The van der Waals surface area contributed by atoms with Crippen LogP contribution in [0.2, 0.25) is 0 Å². The number of rotatable bonds is 3. The Kier molecular flexibility index (Phi) is 4.78. The van der Waals surface area contributed by atoms with E-state index in [4.69, 9.17) is 4.74 Å². The highest BCUT2D eigenvalue weighted by molar-refractivity contribution is 9.10. The summed E-state index contributed by atoms with van der Waals surface area (Å²) in [5, 5.41) is 4.31. The fourth-order valence-corrected chi connectivity index (χ4v) is 1.95. The molecule has 102 valence electrons. The van der Waals surface area contributed by atoms with Crippen LogP contribution in [0.15, 0.2) is 10.7 Å². The summed E-state index contributed by atoms with van der Waals surface area (Å²) in [5.74, 6) is 0. The second kappa shape index (κ2) is 5.73. The smallest absolute Gasteiger partial charge is 0.410 e. The van der Waals surface area contributed by atoms with E-state index in [0.29, 0.717) is 13.0 Å². The zero-order chi connectivity index (χ0) is 13.9. The lowest BCUT2D eigenvalue weighted by Gasteiger charge is -2.24. The van der Waals surface area contributed by atoms with Crippen molar-refractivity contribution in [1.29, 1.82) is 0 Å². The Morgan fingerprint density at radius 2 is 2.17 bits per heavy atom. The molecular weight excluding hydrogens is 298 g/mol. The maximum Gasteiger partial charge on any atom is 0.410 e. The minimum atomic E-state index is -0.461. The highest BCUT2D eigenvalue weighted by Gasteiger charge is 2.19. The first-order valence-corrected chi connectivity index (χ1v) is 6.60. The molecule has 0 N–H and O–H groups in total. The van der Waals surface area contributed by atoms with Gasteiger partial charge in [0, 0.05) is 33.3 Å². The summed E-state index contributed by atoms with van der Waals surface area (Å²) in [6.07, 6.45) is 2.27. The quantitative estimate of drug-likeness (QED) is 0.861. The van der Waals surface area contributed by atoms with E-state index in [-0.39, 0.29) is 6.09 Å². The molecule has 0 aliphatic rings. The first kappa shape index (κ1) is 15.0. The Bertz CT molecular complexity index is 423. The average molecular weight is 318 g/mol. The second-order valence-electron chi connectivity index (χ2n) is 5.25. The van der Waals surface area contributed by atoms with Gasteiger partial charge in [-0.25, -0.2) is 4.79 Å². The van der Waals surface area contributed by atoms with E-state index in [9.17, 15) is 4.79 Å². The van der Waals surface area contributed by atoms with Crippen molar-refractivity contribution in [3.05, 3.63) is 16.4 Å². The van der Waals surface area contributed by atoms with E-state index >= 15 is 0 Å². The maximum absolute atomic E-state index is 11.7. The lowest BCUT2D eigenvalue weighted by molar-refractivity contribution is 0.0300. The lowest BCUT2D eigenvalue weighted by Crippen LogP contribution is -2.35. The minimum absolute atomic E-state index is 0.311. The molecule has 0 radical (unpaired) electrons. The molecule has 5 nitrogen and oxygen atoms in total. The Labute approximate surface area is 116 Å². The fourth-order valence-electron chi connectivity index (χ4n) is 1.38. The molecule has 18 heavy (non-hydrogen) atoms. The molecule has 0 fully saturated rings. The van der Waals surface area contributed by atoms with Crippen LogP contribution in [0.4, 0.5) is 4.79 Å². The number of likely N-dealkylation sites (N-methyl/N-ethyl adjacent to an activating group) is 1. The molecule has 6 heteroatoms. The van der Waals surface area contributed by atoms with Crippen molar-refractivity contribution < 1.29 is 9.53 Å². The molecule has 1 rings (SSSR count). The van der Waals surface area contributed by atoms with Gasteiger partial charge in [0.1, 0.15) is 5.60 Å². The Hall–Kier alpha value is -1.04. The van der Waals surface area contributed by atoms with Gasteiger partial charge in [-0.1, -0.05) is 0 Å². The summed E-state index contributed by atoms with van der Waals surface area (Å²) >= 11 is 3.44. The van der Waals surface area contributed by atoms with Crippen LogP contribution in [0.25, 0.3) is 0 Å². The van der Waals surface area contributed by atoms with E-state index in [1.807, 2.05) is 34.0 Å². The van der Waals surface area contributed by atoms with Gasteiger partial charge in [0.25, 0.3) is 0 Å². The van der Waals surface area contributed by atoms with Crippen LogP contribution in [-0.4, -0.2) is 40.0 Å². The number of hydrogen-bond acceptors (Lipinski definition) is 3. The molecule has 0 aromatic carbocycles. The van der Waals surface area contributed by atoms with Crippen molar-refractivity contribution in [3.63, 3.8) is 0 Å². The van der Waals surface area contributed by atoms with Gasteiger partial charge in [-0.2, -0.15) is 5.10 Å². The number of amides is 1. The number of aromatic nitrogens is 2. The SMILES string of the molecule is CN(CCc1nn(C)cc1Br)C(=O)OC(C)(C)C. The summed E-state index contributed by atoms with van der Waals surface area (Å²) in [4.78, 5) is 13.3. The van der Waals surface area contributed by atoms with Gasteiger partial charge in [0.2, 0.25) is 0 Å². The highest BCUT2D eigenvalue weighted by Crippen LogP contribution is 2.15. The van der Waals surface area contributed by atoms with Crippen LogP contribution in [0.1, 0.15) is 26.5 Å². The number of ether oxygens (including phenoxy) is 1. The first-order valence-electron chi connectivity index (χ1n) is 5.81. The van der Waals surface area contributed by atoms with E-state index < -0.39 is 5.60 Å². The third-order valence-electron chi connectivity index (χ3n) is 2.24. The number of hydrogen-bond donors (Lipinski definition) is 0. The molecule has 0 saturated carbocycles. The van der Waals surface area contributed by atoms with Gasteiger partial charge >= 0.3 is 6.09 Å². The van der Waals surface area contributed by atoms with Crippen LogP contribution in [0.3, 0.4) is 0 Å². The van der Waals surface area contributed by atoms with Crippen molar-refractivity contribution >= 4 is 22.0 Å². The Morgan fingerprint density at radius 3 is 2.61 bits per heavy atom. The number of aryl methyl sites for hydroxylation is 1. The number of nitrogens with zero attached hydrogens (tertiary/aromatic N) is 3. The summed E-state index contributed by atoms with van der Waals surface area (Å²) < 4.78 is 7.98. The molecule has 1 aromatic heterocycles. The Morgan fingerprint density at radius 1 is 1.56 bits per heavy atom. The summed E-state index contributed by atoms with van der Waals surface area (Å²) in [7, 11) is 3.59. The molecule has 0 atom stereocenters. The normalized spacial score (nSPS) is 11.4. The van der Waals surface area contributed by atoms with Gasteiger partial charge in [0.15, 0.2) is 0 Å². The van der Waals surface area contributed by atoms with E-state index in [1.54, 1.807) is 16.6 Å². The molecule has 0 saturated heterocycles. The maximum atomic E-state index is 11.7. The average Bonchev–Trinajstić information content (AvgIpc) is 2.51. The third kappa shape index (κ3) is 4.68. The molecule has 0 aliphatic carbocycles. The number of halogens is 1. The zero-order valence-electron chi connectivity index (χ0n) is 11.5. The third-order valence-corrected chi connectivity index (χ3v) is 2.91. The van der Waals surface area contributed by atoms with Crippen molar-refractivity contribution in [1.82, 2.24) is 14.7 Å². The van der Waals surface area contributed by atoms with Gasteiger partial charge in [0.05, 0.1) is 10.2 Å². The first-order chi connectivity index (χ1) is 8.19. The van der Waals surface area contributed by atoms with Crippen LogP contribution >= 0.6 is 15.9 Å². The Balaban J connectivity index is 2.48. The van der Waals surface area contributed by atoms with E-state index in [0.717, 1.165) is 10.2 Å². The van der Waals surface area contributed by atoms with Crippen molar-refractivity contribution in [2.24, 2.45) is 7.05 Å². The largest absolute Gasteiger partial charge is 0.444 e. The molecule has 0 bridgehead atoms. The molecule has 0 unspecified atom stereocenters. The van der Waals surface area contributed by atoms with Crippen molar-refractivity contribution in [3.8, 4) is 0 Å². The van der Waals surface area contributed by atoms with E-state index in [1.165, 1.54) is 0 Å². The molecular formula is C12H20BrN3O2. The van der Waals surface area contributed by atoms with Crippen LogP contribution in [0, 0.1) is 0 Å². The lowest BCUT2D eigenvalue weighted by atomic mass is 10.2. The zero-order valence-corrected chi connectivity index (χ0v) is 13.1. The molecule has 1 aromatic rings. The number of carbonyl (C=O) groups is 1. The highest BCUT2D eigenvalue weighted by atomic mass is 79.9. The van der Waals surface area contributed by atoms with Crippen LogP contribution in [0.5, 0.6) is 0 Å². The monoisotopic (exact) mass is 317 g/mol. The second-order valence-corrected chi connectivity index (χ2v) is 6.10. The summed E-state index contributed by atoms with van der Waals surface area (Å²) in [6.45, 7) is 6.14. The van der Waals surface area contributed by atoms with Crippen LogP contribution < -0.4 is 0 Å². The predicted molar refractivity (Wildman–Crippen MR) is 73.5 cm³/mol. The molecule has 0 aliphatic heterocycles. The van der Waals surface area contributed by atoms with Gasteiger partial charge in [-0.15, -0.1) is 0 Å². The van der Waals surface area contributed by atoms with Crippen molar-refractivity contribution in [2.45, 2.75) is 32.8 Å². The van der Waals surface area contributed by atoms with E-state index in [2.05, 4.69) is 21.0 Å². The summed E-state index contributed by atoms with van der Waals surface area (Å²) in [6, 6.07) is 0. The number of carbonyl (C=O) groups excluding carboxylic acids is 1. The van der Waals surface area contributed by atoms with Gasteiger partial charge in [-0.05, 0) is 36.7 Å². The van der Waals surface area contributed by atoms with Gasteiger partial charge < -0.3 is 9.64 Å². The molecule has 1 amide bonds. The molecule has 0 spiro atoms. The topological polar surface area (TPSA) is 47.4 Å².